The lowest BCUT2D eigenvalue weighted by Gasteiger charge is -2.18. The molecule has 1 aliphatic rings. The standard InChI is InChI=1S/C26H32N4O/c1-6-7-8-18(2)17-30-20(4)15-24(21(30)5)26-28-27-25(31-26)22-9-11-23(12-10-22)29-14-13-19(3)16-29/h6-12,15,19H,13-14,16-17H2,1-5H3/b7-6-,18-8+. The SMILES string of the molecule is C/C=C\C=C(/C)Cn1c(C)cc(-c2nnc(-c3ccc(N4CCC(C)C4)cc3)o2)c1C. The molecule has 0 radical (unpaired) electrons. The van der Waals surface area contributed by atoms with E-state index in [4.69, 9.17) is 4.42 Å². The Kier molecular flexibility index (Phi) is 6.12. The largest absolute Gasteiger partial charge is 0.416 e. The molecule has 0 bridgehead atoms. The van der Waals surface area contributed by atoms with Crippen molar-refractivity contribution >= 4 is 5.69 Å². The van der Waals surface area contributed by atoms with E-state index in [9.17, 15) is 0 Å². The number of aryl methyl sites for hydroxylation is 1. The van der Waals surface area contributed by atoms with Crippen LogP contribution in [0.1, 0.15) is 38.6 Å². The first kappa shape index (κ1) is 21.2. The summed E-state index contributed by atoms with van der Waals surface area (Å²) in [5.41, 5.74) is 6.83. The Morgan fingerprint density at radius 2 is 1.90 bits per heavy atom. The second kappa shape index (κ2) is 8.96. The third kappa shape index (κ3) is 4.50. The van der Waals surface area contributed by atoms with Gasteiger partial charge in [-0.2, -0.15) is 0 Å². The number of hydrogen-bond acceptors (Lipinski definition) is 4. The highest BCUT2D eigenvalue weighted by Gasteiger charge is 2.20. The van der Waals surface area contributed by atoms with Gasteiger partial charge < -0.3 is 13.9 Å². The van der Waals surface area contributed by atoms with E-state index in [0.717, 1.165) is 42.4 Å². The maximum atomic E-state index is 6.08. The quantitative estimate of drug-likeness (QED) is 0.450. The summed E-state index contributed by atoms with van der Waals surface area (Å²) in [6.07, 6.45) is 7.53. The highest BCUT2D eigenvalue weighted by Crippen LogP contribution is 2.30. The number of hydrogen-bond donors (Lipinski definition) is 0. The van der Waals surface area contributed by atoms with E-state index >= 15 is 0 Å². The third-order valence-corrected chi connectivity index (χ3v) is 6.11. The summed E-state index contributed by atoms with van der Waals surface area (Å²) in [6.45, 7) is 13.8. The van der Waals surface area contributed by atoms with Crippen LogP contribution in [-0.4, -0.2) is 27.9 Å². The molecule has 0 spiro atoms. The lowest BCUT2D eigenvalue weighted by Crippen LogP contribution is -2.18. The van der Waals surface area contributed by atoms with Crippen molar-refractivity contribution in [1.82, 2.24) is 14.8 Å². The van der Waals surface area contributed by atoms with Gasteiger partial charge in [-0.25, -0.2) is 0 Å². The fourth-order valence-corrected chi connectivity index (χ4v) is 4.26. The molecule has 5 heteroatoms. The molecule has 0 amide bonds. The van der Waals surface area contributed by atoms with Gasteiger partial charge >= 0.3 is 0 Å². The van der Waals surface area contributed by atoms with E-state index in [2.05, 4.69) is 89.8 Å². The number of allylic oxidation sites excluding steroid dienone is 4. The molecule has 0 saturated carbocycles. The number of nitrogens with zero attached hydrogens (tertiary/aromatic N) is 4. The molecule has 2 aromatic heterocycles. The fourth-order valence-electron chi connectivity index (χ4n) is 4.26. The van der Waals surface area contributed by atoms with Crippen LogP contribution in [0.4, 0.5) is 5.69 Å². The topological polar surface area (TPSA) is 47.1 Å². The maximum absolute atomic E-state index is 6.08. The first-order valence-electron chi connectivity index (χ1n) is 11.1. The molecule has 1 aliphatic heterocycles. The van der Waals surface area contributed by atoms with Crippen LogP contribution in [0.3, 0.4) is 0 Å². The average Bonchev–Trinajstić information content (AvgIpc) is 3.48. The van der Waals surface area contributed by atoms with Crippen LogP contribution in [0.15, 0.2) is 58.6 Å². The summed E-state index contributed by atoms with van der Waals surface area (Å²) in [7, 11) is 0. The van der Waals surface area contributed by atoms with Crippen molar-refractivity contribution in [1.29, 1.82) is 0 Å². The number of aromatic nitrogens is 3. The van der Waals surface area contributed by atoms with Crippen molar-refractivity contribution in [2.24, 2.45) is 5.92 Å². The van der Waals surface area contributed by atoms with Gasteiger partial charge in [0.1, 0.15) is 0 Å². The predicted molar refractivity (Wildman–Crippen MR) is 127 cm³/mol. The van der Waals surface area contributed by atoms with E-state index in [1.807, 2.05) is 13.0 Å². The van der Waals surface area contributed by atoms with Crippen molar-refractivity contribution in [3.05, 3.63) is 65.5 Å². The lowest BCUT2D eigenvalue weighted by molar-refractivity contribution is 0.583. The summed E-state index contributed by atoms with van der Waals surface area (Å²) in [5, 5.41) is 8.67. The normalized spacial score (nSPS) is 17.3. The van der Waals surface area contributed by atoms with Crippen LogP contribution in [-0.2, 0) is 6.54 Å². The molecular formula is C26H32N4O. The fraction of sp³-hybridized carbons (Fsp3) is 0.385. The van der Waals surface area contributed by atoms with Gasteiger partial charge in [0.05, 0.1) is 5.56 Å². The molecule has 1 aromatic carbocycles. The molecule has 162 valence electrons. The summed E-state index contributed by atoms with van der Waals surface area (Å²) in [4.78, 5) is 2.44. The Morgan fingerprint density at radius 1 is 1.16 bits per heavy atom. The second-order valence-corrected chi connectivity index (χ2v) is 8.71. The van der Waals surface area contributed by atoms with Gasteiger partial charge in [0, 0.05) is 42.3 Å². The van der Waals surface area contributed by atoms with Gasteiger partial charge in [-0.05, 0) is 70.4 Å². The molecule has 0 N–H and O–H groups in total. The molecule has 31 heavy (non-hydrogen) atoms. The molecule has 1 unspecified atom stereocenters. The third-order valence-electron chi connectivity index (χ3n) is 6.11. The van der Waals surface area contributed by atoms with Gasteiger partial charge in [-0.1, -0.05) is 30.7 Å². The number of rotatable bonds is 6. The van der Waals surface area contributed by atoms with Gasteiger partial charge in [-0.15, -0.1) is 10.2 Å². The van der Waals surface area contributed by atoms with Gasteiger partial charge in [0.25, 0.3) is 0 Å². The van der Waals surface area contributed by atoms with E-state index in [-0.39, 0.29) is 0 Å². The second-order valence-electron chi connectivity index (χ2n) is 8.71. The first-order chi connectivity index (χ1) is 15.0. The molecule has 1 fully saturated rings. The summed E-state index contributed by atoms with van der Waals surface area (Å²) < 4.78 is 8.37. The maximum Gasteiger partial charge on any atom is 0.249 e. The van der Waals surface area contributed by atoms with Crippen molar-refractivity contribution in [3.8, 4) is 22.9 Å². The monoisotopic (exact) mass is 416 g/mol. The van der Waals surface area contributed by atoms with E-state index in [1.165, 1.54) is 23.4 Å². The van der Waals surface area contributed by atoms with Gasteiger partial charge in [-0.3, -0.25) is 0 Å². The zero-order chi connectivity index (χ0) is 22.0. The van der Waals surface area contributed by atoms with Crippen LogP contribution in [0.2, 0.25) is 0 Å². The molecule has 4 rings (SSSR count). The summed E-state index contributed by atoms with van der Waals surface area (Å²) >= 11 is 0. The Morgan fingerprint density at radius 3 is 2.58 bits per heavy atom. The van der Waals surface area contributed by atoms with E-state index in [0.29, 0.717) is 11.8 Å². The van der Waals surface area contributed by atoms with Gasteiger partial charge in [0.15, 0.2) is 0 Å². The van der Waals surface area contributed by atoms with Crippen LogP contribution >= 0.6 is 0 Å². The Labute approximate surface area is 185 Å². The highest BCUT2D eigenvalue weighted by atomic mass is 16.4. The minimum Gasteiger partial charge on any atom is -0.416 e. The zero-order valence-electron chi connectivity index (χ0n) is 19.2. The molecule has 1 saturated heterocycles. The summed E-state index contributed by atoms with van der Waals surface area (Å²) in [5.74, 6) is 1.90. The molecule has 0 aliphatic carbocycles. The smallest absolute Gasteiger partial charge is 0.249 e. The van der Waals surface area contributed by atoms with Gasteiger partial charge in [0.2, 0.25) is 11.8 Å². The summed E-state index contributed by atoms with van der Waals surface area (Å²) in [6, 6.07) is 10.6. The molecular weight excluding hydrogens is 384 g/mol. The highest BCUT2D eigenvalue weighted by molar-refractivity contribution is 5.63. The average molecular weight is 417 g/mol. The predicted octanol–water partition coefficient (Wildman–Crippen LogP) is 6.19. The lowest BCUT2D eigenvalue weighted by atomic mass is 10.2. The van der Waals surface area contributed by atoms with Crippen LogP contribution in [0.25, 0.3) is 22.9 Å². The Hall–Kier alpha value is -3.08. The Balaban J connectivity index is 1.54. The molecule has 1 atom stereocenters. The van der Waals surface area contributed by atoms with E-state index in [1.54, 1.807) is 0 Å². The van der Waals surface area contributed by atoms with Crippen molar-refractivity contribution in [3.63, 3.8) is 0 Å². The molecule has 3 heterocycles. The van der Waals surface area contributed by atoms with Crippen molar-refractivity contribution < 1.29 is 4.42 Å². The van der Waals surface area contributed by atoms with Crippen LogP contribution in [0.5, 0.6) is 0 Å². The van der Waals surface area contributed by atoms with Crippen LogP contribution in [0, 0.1) is 19.8 Å². The zero-order valence-corrected chi connectivity index (χ0v) is 19.2. The molecule has 5 nitrogen and oxygen atoms in total. The van der Waals surface area contributed by atoms with Crippen molar-refractivity contribution in [2.45, 2.75) is 47.6 Å². The minimum atomic E-state index is 0.560. The molecule has 3 aromatic rings. The Bertz CT molecular complexity index is 1100. The number of benzene rings is 1. The van der Waals surface area contributed by atoms with Crippen LogP contribution < -0.4 is 4.90 Å². The first-order valence-corrected chi connectivity index (χ1v) is 11.1. The van der Waals surface area contributed by atoms with Crippen molar-refractivity contribution in [2.75, 3.05) is 18.0 Å². The van der Waals surface area contributed by atoms with E-state index < -0.39 is 0 Å². The minimum absolute atomic E-state index is 0.560. The number of anilines is 1.